The Morgan fingerprint density at radius 1 is 1.33 bits per heavy atom. The van der Waals surface area contributed by atoms with Gasteiger partial charge in [0.25, 0.3) is 0 Å². The number of aliphatic hydroxyl groups excluding tert-OH is 1. The molecule has 0 bridgehead atoms. The van der Waals surface area contributed by atoms with Gasteiger partial charge in [0.2, 0.25) is 0 Å². The minimum atomic E-state index is -0.0785. The van der Waals surface area contributed by atoms with Crippen molar-refractivity contribution < 1.29 is 9.52 Å². The topological polar surface area (TPSA) is 99.9 Å². The van der Waals surface area contributed by atoms with Crippen LogP contribution in [0.4, 0.5) is 0 Å². The first kappa shape index (κ1) is 9.81. The minimum absolute atomic E-state index is 0.0785. The molecule has 0 unspecified atom stereocenters. The van der Waals surface area contributed by atoms with Gasteiger partial charge in [0.15, 0.2) is 5.82 Å². The number of rotatable bonds is 5. The molecule has 7 heteroatoms. The Labute approximate surface area is 85.5 Å². The zero-order valence-electron chi connectivity index (χ0n) is 7.97. The van der Waals surface area contributed by atoms with Crippen molar-refractivity contribution in [3.8, 4) is 0 Å². The summed E-state index contributed by atoms with van der Waals surface area (Å²) in [5.74, 6) is 1.93. The lowest BCUT2D eigenvalue weighted by atomic mass is 10.4. The van der Waals surface area contributed by atoms with E-state index in [2.05, 4.69) is 25.9 Å². The quantitative estimate of drug-likeness (QED) is 0.618. The van der Waals surface area contributed by atoms with Crippen molar-refractivity contribution in [2.45, 2.75) is 19.7 Å². The van der Waals surface area contributed by atoms with E-state index in [0.717, 1.165) is 5.76 Å². The molecular weight excluding hydrogens is 198 g/mol. The van der Waals surface area contributed by atoms with Crippen molar-refractivity contribution >= 4 is 0 Å². The standard InChI is InChI=1S/C8H11N5O2/c14-5-7-2-1-6(15-7)3-9-4-8-10-12-13-11-8/h1-2,9,14H,3-5H2,(H,10,11,12,13). The second-order valence-corrected chi connectivity index (χ2v) is 2.96. The van der Waals surface area contributed by atoms with Crippen molar-refractivity contribution in [1.82, 2.24) is 25.9 Å². The Hall–Kier alpha value is -1.73. The highest BCUT2D eigenvalue weighted by molar-refractivity contribution is 5.06. The summed E-state index contributed by atoms with van der Waals surface area (Å²) in [6, 6.07) is 3.56. The van der Waals surface area contributed by atoms with Gasteiger partial charge in [-0.1, -0.05) is 5.21 Å². The lowest BCUT2D eigenvalue weighted by Crippen LogP contribution is -2.13. The maximum Gasteiger partial charge on any atom is 0.188 e. The van der Waals surface area contributed by atoms with Gasteiger partial charge in [0.1, 0.15) is 18.1 Å². The number of aromatic nitrogens is 4. The van der Waals surface area contributed by atoms with E-state index in [-0.39, 0.29) is 6.61 Å². The summed E-state index contributed by atoms with van der Waals surface area (Å²) in [7, 11) is 0. The molecule has 15 heavy (non-hydrogen) atoms. The van der Waals surface area contributed by atoms with E-state index in [1.54, 1.807) is 6.07 Å². The van der Waals surface area contributed by atoms with Crippen LogP contribution < -0.4 is 5.32 Å². The van der Waals surface area contributed by atoms with Crippen LogP contribution in [0.25, 0.3) is 0 Å². The normalized spacial score (nSPS) is 10.7. The monoisotopic (exact) mass is 209 g/mol. The van der Waals surface area contributed by atoms with Gasteiger partial charge in [0, 0.05) is 0 Å². The molecule has 0 aliphatic rings. The van der Waals surface area contributed by atoms with E-state index in [4.69, 9.17) is 9.52 Å². The second-order valence-electron chi connectivity index (χ2n) is 2.96. The molecule has 0 atom stereocenters. The predicted molar refractivity (Wildman–Crippen MR) is 49.4 cm³/mol. The van der Waals surface area contributed by atoms with E-state index in [1.165, 1.54) is 0 Å². The van der Waals surface area contributed by atoms with Gasteiger partial charge in [-0.05, 0) is 12.1 Å². The van der Waals surface area contributed by atoms with Gasteiger partial charge in [-0.25, -0.2) is 0 Å². The van der Waals surface area contributed by atoms with Crippen molar-refractivity contribution in [3.05, 3.63) is 29.5 Å². The number of aromatic amines is 1. The fourth-order valence-electron chi connectivity index (χ4n) is 1.16. The molecule has 2 aromatic rings. The Bertz CT molecular complexity index is 397. The fraction of sp³-hybridized carbons (Fsp3) is 0.375. The number of tetrazole rings is 1. The highest BCUT2D eigenvalue weighted by atomic mass is 16.4. The van der Waals surface area contributed by atoms with Gasteiger partial charge in [0.05, 0.1) is 13.1 Å². The fourth-order valence-corrected chi connectivity index (χ4v) is 1.16. The first-order valence-electron chi connectivity index (χ1n) is 4.50. The number of furan rings is 1. The Morgan fingerprint density at radius 3 is 2.87 bits per heavy atom. The molecule has 0 saturated carbocycles. The van der Waals surface area contributed by atoms with Crippen LogP contribution in [0.5, 0.6) is 0 Å². The van der Waals surface area contributed by atoms with Crippen molar-refractivity contribution in [1.29, 1.82) is 0 Å². The van der Waals surface area contributed by atoms with Gasteiger partial charge in [-0.15, -0.1) is 10.2 Å². The van der Waals surface area contributed by atoms with Crippen LogP contribution in [0.3, 0.4) is 0 Å². The van der Waals surface area contributed by atoms with Crippen LogP contribution >= 0.6 is 0 Å². The van der Waals surface area contributed by atoms with Gasteiger partial charge in [-0.2, -0.15) is 5.21 Å². The second kappa shape index (κ2) is 4.67. The number of nitrogens with one attached hydrogen (secondary N) is 2. The molecule has 80 valence electrons. The first-order valence-corrected chi connectivity index (χ1v) is 4.50. The number of nitrogens with zero attached hydrogens (tertiary/aromatic N) is 3. The van der Waals surface area contributed by atoms with E-state index < -0.39 is 0 Å². The van der Waals surface area contributed by atoms with Crippen molar-refractivity contribution in [2.24, 2.45) is 0 Å². The van der Waals surface area contributed by atoms with Crippen molar-refractivity contribution in [3.63, 3.8) is 0 Å². The molecule has 0 aromatic carbocycles. The van der Waals surface area contributed by atoms with E-state index in [0.29, 0.717) is 24.7 Å². The van der Waals surface area contributed by atoms with Gasteiger partial charge in [-0.3, -0.25) is 0 Å². The zero-order chi connectivity index (χ0) is 10.5. The van der Waals surface area contributed by atoms with Crippen LogP contribution in [0.2, 0.25) is 0 Å². The van der Waals surface area contributed by atoms with E-state index in [9.17, 15) is 0 Å². The summed E-state index contributed by atoms with van der Waals surface area (Å²) >= 11 is 0. The molecule has 2 aromatic heterocycles. The van der Waals surface area contributed by atoms with Crippen LogP contribution in [0.15, 0.2) is 16.5 Å². The van der Waals surface area contributed by atoms with Crippen LogP contribution in [0, 0.1) is 0 Å². The maximum atomic E-state index is 8.78. The average molecular weight is 209 g/mol. The Balaban J connectivity index is 1.78. The van der Waals surface area contributed by atoms with Gasteiger partial charge < -0.3 is 14.8 Å². The summed E-state index contributed by atoms with van der Waals surface area (Å²) in [4.78, 5) is 0. The highest BCUT2D eigenvalue weighted by Crippen LogP contribution is 2.07. The average Bonchev–Trinajstić information content (AvgIpc) is 2.88. The molecule has 2 heterocycles. The lowest BCUT2D eigenvalue weighted by Gasteiger charge is -1.97. The molecule has 0 aliphatic carbocycles. The van der Waals surface area contributed by atoms with Gasteiger partial charge >= 0.3 is 0 Å². The lowest BCUT2D eigenvalue weighted by molar-refractivity contribution is 0.242. The molecule has 0 radical (unpaired) electrons. The molecule has 0 amide bonds. The first-order chi connectivity index (χ1) is 7.38. The highest BCUT2D eigenvalue weighted by Gasteiger charge is 2.01. The summed E-state index contributed by atoms with van der Waals surface area (Å²) in [6.07, 6.45) is 0. The van der Waals surface area contributed by atoms with Crippen LogP contribution in [-0.2, 0) is 19.7 Å². The SMILES string of the molecule is OCc1ccc(CNCc2nn[nH]n2)o1. The Kier molecular flexibility index (Phi) is 3.05. The third kappa shape index (κ3) is 2.61. The molecule has 0 spiro atoms. The van der Waals surface area contributed by atoms with E-state index in [1.807, 2.05) is 6.07 Å². The van der Waals surface area contributed by atoms with Crippen LogP contribution in [0.1, 0.15) is 17.3 Å². The largest absolute Gasteiger partial charge is 0.462 e. The Morgan fingerprint density at radius 2 is 2.20 bits per heavy atom. The van der Waals surface area contributed by atoms with E-state index >= 15 is 0 Å². The molecule has 7 nitrogen and oxygen atoms in total. The molecular formula is C8H11N5O2. The maximum absolute atomic E-state index is 8.78. The predicted octanol–water partition coefficient (Wildman–Crippen LogP) is -0.425. The van der Waals surface area contributed by atoms with Crippen molar-refractivity contribution in [2.75, 3.05) is 0 Å². The minimum Gasteiger partial charge on any atom is -0.462 e. The number of H-pyrrole nitrogens is 1. The third-order valence-electron chi connectivity index (χ3n) is 1.84. The molecule has 0 saturated heterocycles. The molecule has 3 N–H and O–H groups in total. The summed E-state index contributed by atoms with van der Waals surface area (Å²) in [5.41, 5.74) is 0. The number of hydrogen-bond acceptors (Lipinski definition) is 6. The number of aliphatic hydroxyl groups is 1. The zero-order valence-corrected chi connectivity index (χ0v) is 7.97. The van der Waals surface area contributed by atoms with Crippen LogP contribution in [-0.4, -0.2) is 25.7 Å². The number of hydrogen-bond donors (Lipinski definition) is 3. The summed E-state index contributed by atoms with van der Waals surface area (Å²) in [5, 5.41) is 25.2. The summed E-state index contributed by atoms with van der Waals surface area (Å²) in [6.45, 7) is 1.00. The smallest absolute Gasteiger partial charge is 0.188 e. The molecule has 2 rings (SSSR count). The molecule has 0 fully saturated rings. The third-order valence-corrected chi connectivity index (χ3v) is 1.84. The summed E-state index contributed by atoms with van der Waals surface area (Å²) < 4.78 is 5.28. The molecule has 0 aliphatic heterocycles.